The predicted octanol–water partition coefficient (Wildman–Crippen LogP) is 2.29. The highest BCUT2D eigenvalue weighted by molar-refractivity contribution is 9.10. The zero-order valence-electron chi connectivity index (χ0n) is 11.0. The van der Waals surface area contributed by atoms with Crippen LogP contribution in [0, 0.1) is 13.8 Å². The Morgan fingerprint density at radius 2 is 2.00 bits per heavy atom. The topological polar surface area (TPSA) is 55.6 Å². The lowest BCUT2D eigenvalue weighted by molar-refractivity contribution is 0.637. The number of hydrogen-bond acceptors (Lipinski definition) is 4. The molecule has 1 aromatic carbocycles. The molecule has 100 valence electrons. The molecule has 0 radical (unpaired) electrons. The lowest BCUT2D eigenvalue weighted by Gasteiger charge is -2.09. The number of aryl methyl sites for hydroxylation is 2. The minimum atomic E-state index is 0.651. The van der Waals surface area contributed by atoms with E-state index in [1.165, 1.54) is 24.0 Å². The average Bonchev–Trinajstić information content (AvgIpc) is 3.10. The molecule has 1 heterocycles. The molecule has 1 fully saturated rings. The lowest BCUT2D eigenvalue weighted by Crippen LogP contribution is -2.19. The molecule has 0 saturated heterocycles. The van der Waals surface area contributed by atoms with Crippen LogP contribution in [0.3, 0.4) is 0 Å². The maximum Gasteiger partial charge on any atom is 0.170 e. The van der Waals surface area contributed by atoms with E-state index in [4.69, 9.17) is 0 Å². The molecule has 0 atom stereocenters. The molecule has 1 aliphatic rings. The van der Waals surface area contributed by atoms with Gasteiger partial charge in [0, 0.05) is 10.5 Å². The van der Waals surface area contributed by atoms with Gasteiger partial charge in [-0.3, -0.25) is 0 Å². The molecule has 5 nitrogen and oxygen atoms in total. The number of tetrazole rings is 1. The monoisotopic (exact) mass is 321 g/mol. The smallest absolute Gasteiger partial charge is 0.170 e. The first kappa shape index (κ1) is 12.7. The zero-order chi connectivity index (χ0) is 13.4. The van der Waals surface area contributed by atoms with Gasteiger partial charge in [0.15, 0.2) is 5.82 Å². The van der Waals surface area contributed by atoms with Crippen LogP contribution in [0.1, 0.15) is 29.8 Å². The van der Waals surface area contributed by atoms with E-state index in [0.29, 0.717) is 12.6 Å². The number of nitrogens with zero attached hydrogens (tertiary/aromatic N) is 4. The summed E-state index contributed by atoms with van der Waals surface area (Å²) in [7, 11) is 0. The van der Waals surface area contributed by atoms with E-state index >= 15 is 0 Å². The largest absolute Gasteiger partial charge is 0.307 e. The van der Waals surface area contributed by atoms with Crippen LogP contribution in [0.5, 0.6) is 0 Å². The summed E-state index contributed by atoms with van der Waals surface area (Å²) in [6.45, 7) is 4.87. The van der Waals surface area contributed by atoms with Crippen LogP contribution in [-0.2, 0) is 6.54 Å². The van der Waals surface area contributed by atoms with Gasteiger partial charge < -0.3 is 5.32 Å². The summed E-state index contributed by atoms with van der Waals surface area (Å²) in [4.78, 5) is 0. The standard InChI is InChI=1S/C13H16BrN5/c1-8-5-11(6-9(2)13(8)14)19-12(16-17-18-19)7-15-10-3-4-10/h5-6,10,15H,3-4,7H2,1-2H3. The van der Waals surface area contributed by atoms with Crippen molar-refractivity contribution in [2.45, 2.75) is 39.3 Å². The Balaban J connectivity index is 1.90. The van der Waals surface area contributed by atoms with Gasteiger partial charge in [-0.15, -0.1) is 5.10 Å². The molecule has 0 amide bonds. The summed E-state index contributed by atoms with van der Waals surface area (Å²) >= 11 is 3.58. The number of hydrogen-bond donors (Lipinski definition) is 1. The predicted molar refractivity (Wildman–Crippen MR) is 76.2 cm³/mol. The highest BCUT2D eigenvalue weighted by Gasteiger charge is 2.21. The van der Waals surface area contributed by atoms with Crippen LogP contribution in [-0.4, -0.2) is 26.2 Å². The molecule has 2 aromatic rings. The summed E-state index contributed by atoms with van der Waals surface area (Å²) in [5.41, 5.74) is 3.38. The first-order valence-electron chi connectivity index (χ1n) is 6.43. The number of halogens is 1. The van der Waals surface area contributed by atoms with E-state index in [1.807, 2.05) is 4.68 Å². The van der Waals surface area contributed by atoms with Crippen molar-refractivity contribution >= 4 is 15.9 Å². The molecule has 1 saturated carbocycles. The molecule has 1 N–H and O–H groups in total. The molecule has 0 unspecified atom stereocenters. The van der Waals surface area contributed by atoms with Gasteiger partial charge in [0.1, 0.15) is 0 Å². The highest BCUT2D eigenvalue weighted by Crippen LogP contribution is 2.24. The second-order valence-corrected chi connectivity index (χ2v) is 5.85. The van der Waals surface area contributed by atoms with E-state index < -0.39 is 0 Å². The normalized spacial score (nSPS) is 14.9. The Bertz CT molecular complexity index is 580. The van der Waals surface area contributed by atoms with Crippen molar-refractivity contribution in [3.05, 3.63) is 33.6 Å². The first-order chi connectivity index (χ1) is 9.15. The third-order valence-corrected chi connectivity index (χ3v) is 4.58. The van der Waals surface area contributed by atoms with Crippen LogP contribution in [0.4, 0.5) is 0 Å². The molecular formula is C13H16BrN5. The first-order valence-corrected chi connectivity index (χ1v) is 7.22. The summed E-state index contributed by atoms with van der Waals surface area (Å²) in [5, 5.41) is 15.4. The number of benzene rings is 1. The third kappa shape index (κ3) is 2.69. The van der Waals surface area contributed by atoms with Crippen molar-refractivity contribution in [1.82, 2.24) is 25.5 Å². The fourth-order valence-electron chi connectivity index (χ4n) is 2.08. The van der Waals surface area contributed by atoms with Crippen molar-refractivity contribution in [2.75, 3.05) is 0 Å². The van der Waals surface area contributed by atoms with Crippen LogP contribution in [0.25, 0.3) is 5.69 Å². The molecule has 1 aliphatic carbocycles. The molecule has 6 heteroatoms. The molecule has 0 aliphatic heterocycles. The fourth-order valence-corrected chi connectivity index (χ4v) is 2.31. The summed E-state index contributed by atoms with van der Waals surface area (Å²) in [6, 6.07) is 4.83. The van der Waals surface area contributed by atoms with Crippen molar-refractivity contribution in [1.29, 1.82) is 0 Å². The maximum absolute atomic E-state index is 4.10. The van der Waals surface area contributed by atoms with Crippen LogP contribution < -0.4 is 5.32 Å². The number of rotatable bonds is 4. The highest BCUT2D eigenvalue weighted by atomic mass is 79.9. The third-order valence-electron chi connectivity index (χ3n) is 3.33. The van der Waals surface area contributed by atoms with Gasteiger partial charge in [-0.25, -0.2) is 0 Å². The maximum atomic E-state index is 4.10. The Hall–Kier alpha value is -1.27. The quantitative estimate of drug-likeness (QED) is 0.938. The van der Waals surface area contributed by atoms with Gasteiger partial charge in [-0.05, 0) is 60.4 Å². The van der Waals surface area contributed by atoms with E-state index in [-0.39, 0.29) is 0 Å². The summed E-state index contributed by atoms with van der Waals surface area (Å²) < 4.78 is 2.95. The SMILES string of the molecule is Cc1cc(-n2nnnc2CNC2CC2)cc(C)c1Br. The summed E-state index contributed by atoms with van der Waals surface area (Å²) in [5.74, 6) is 0.855. The Labute approximate surface area is 120 Å². The van der Waals surface area contributed by atoms with E-state index in [0.717, 1.165) is 16.0 Å². The Kier molecular flexibility index (Phi) is 3.36. The molecular weight excluding hydrogens is 306 g/mol. The van der Waals surface area contributed by atoms with Gasteiger partial charge >= 0.3 is 0 Å². The molecule has 0 bridgehead atoms. The van der Waals surface area contributed by atoms with Gasteiger partial charge in [-0.2, -0.15) is 4.68 Å². The van der Waals surface area contributed by atoms with Crippen molar-refractivity contribution in [3.63, 3.8) is 0 Å². The second kappa shape index (κ2) is 5.02. The van der Waals surface area contributed by atoms with Gasteiger partial charge in [0.2, 0.25) is 0 Å². The zero-order valence-corrected chi connectivity index (χ0v) is 12.6. The van der Waals surface area contributed by atoms with E-state index in [1.54, 1.807) is 0 Å². The van der Waals surface area contributed by atoms with E-state index in [2.05, 4.69) is 62.8 Å². The van der Waals surface area contributed by atoms with Crippen LogP contribution in [0.15, 0.2) is 16.6 Å². The van der Waals surface area contributed by atoms with Gasteiger partial charge in [0.25, 0.3) is 0 Å². The molecule has 0 spiro atoms. The molecule has 19 heavy (non-hydrogen) atoms. The van der Waals surface area contributed by atoms with Gasteiger partial charge in [-0.1, -0.05) is 15.9 Å². The minimum Gasteiger partial charge on any atom is -0.307 e. The van der Waals surface area contributed by atoms with E-state index in [9.17, 15) is 0 Å². The fraction of sp³-hybridized carbons (Fsp3) is 0.462. The van der Waals surface area contributed by atoms with Crippen LogP contribution >= 0.6 is 15.9 Å². The Morgan fingerprint density at radius 3 is 2.63 bits per heavy atom. The van der Waals surface area contributed by atoms with Crippen molar-refractivity contribution in [3.8, 4) is 5.69 Å². The second-order valence-electron chi connectivity index (χ2n) is 5.06. The minimum absolute atomic E-state index is 0.651. The van der Waals surface area contributed by atoms with Crippen molar-refractivity contribution < 1.29 is 0 Å². The van der Waals surface area contributed by atoms with Crippen LogP contribution in [0.2, 0.25) is 0 Å². The number of aromatic nitrogens is 4. The molecule has 1 aromatic heterocycles. The Morgan fingerprint density at radius 1 is 1.32 bits per heavy atom. The average molecular weight is 322 g/mol. The van der Waals surface area contributed by atoms with Crippen molar-refractivity contribution in [2.24, 2.45) is 0 Å². The molecule has 3 rings (SSSR count). The number of nitrogens with one attached hydrogen (secondary N) is 1. The summed E-state index contributed by atoms with van der Waals surface area (Å²) in [6.07, 6.45) is 2.52. The lowest BCUT2D eigenvalue weighted by atomic mass is 10.1. The van der Waals surface area contributed by atoms with Gasteiger partial charge in [0.05, 0.1) is 12.2 Å².